The van der Waals surface area contributed by atoms with Crippen molar-refractivity contribution in [1.29, 1.82) is 0 Å². The van der Waals surface area contributed by atoms with Crippen molar-refractivity contribution in [2.45, 2.75) is 33.2 Å². The predicted molar refractivity (Wildman–Crippen MR) is 98.0 cm³/mol. The zero-order chi connectivity index (χ0) is 19.8. The van der Waals surface area contributed by atoms with Gasteiger partial charge in [-0.2, -0.15) is 0 Å². The summed E-state index contributed by atoms with van der Waals surface area (Å²) in [7, 11) is 0. The van der Waals surface area contributed by atoms with Crippen molar-refractivity contribution in [3.05, 3.63) is 47.7 Å². The third-order valence-corrected chi connectivity index (χ3v) is 3.57. The molecule has 1 aromatic heterocycles. The highest BCUT2D eigenvalue weighted by atomic mass is 16.5. The van der Waals surface area contributed by atoms with E-state index in [1.54, 1.807) is 43.3 Å². The summed E-state index contributed by atoms with van der Waals surface area (Å²) >= 11 is 0. The molecular weight excluding hydrogens is 350 g/mol. The van der Waals surface area contributed by atoms with Gasteiger partial charge in [-0.3, -0.25) is 9.59 Å². The number of nitrogens with one attached hydrogen (secondary N) is 2. The molecule has 0 bridgehead atoms. The van der Waals surface area contributed by atoms with Crippen molar-refractivity contribution < 1.29 is 23.6 Å². The fourth-order valence-electron chi connectivity index (χ4n) is 2.36. The second-order valence-corrected chi connectivity index (χ2v) is 6.50. The number of carbonyl (C=O) groups is 3. The van der Waals surface area contributed by atoms with E-state index in [4.69, 9.17) is 9.26 Å². The lowest BCUT2D eigenvalue weighted by Crippen LogP contribution is -2.43. The highest BCUT2D eigenvalue weighted by Crippen LogP contribution is 2.09. The molecule has 1 atom stereocenters. The SMILES string of the molecule is Cc1cc(NC(=O)COC(=O)C(CC(C)C)NC(=O)c2ccccc2)no1. The number of esters is 1. The molecule has 144 valence electrons. The summed E-state index contributed by atoms with van der Waals surface area (Å²) in [6, 6.07) is 9.27. The molecule has 0 aliphatic carbocycles. The molecule has 2 N–H and O–H groups in total. The number of amides is 2. The normalized spacial score (nSPS) is 11.7. The molecule has 0 saturated carbocycles. The van der Waals surface area contributed by atoms with Crippen LogP contribution in [0.15, 0.2) is 40.9 Å². The van der Waals surface area contributed by atoms with Gasteiger partial charge in [0.15, 0.2) is 12.4 Å². The van der Waals surface area contributed by atoms with Crippen LogP contribution in [0.3, 0.4) is 0 Å². The fourth-order valence-corrected chi connectivity index (χ4v) is 2.36. The van der Waals surface area contributed by atoms with Crippen LogP contribution < -0.4 is 10.6 Å². The fraction of sp³-hybridized carbons (Fsp3) is 0.368. The first-order valence-corrected chi connectivity index (χ1v) is 8.61. The zero-order valence-electron chi connectivity index (χ0n) is 15.5. The van der Waals surface area contributed by atoms with Crippen LogP contribution in [0.1, 0.15) is 36.4 Å². The Labute approximate surface area is 157 Å². The van der Waals surface area contributed by atoms with E-state index in [0.29, 0.717) is 17.7 Å². The molecule has 8 nitrogen and oxygen atoms in total. The third-order valence-electron chi connectivity index (χ3n) is 3.57. The first-order chi connectivity index (χ1) is 12.8. The minimum absolute atomic E-state index is 0.144. The summed E-state index contributed by atoms with van der Waals surface area (Å²) in [5.74, 6) is -0.660. The van der Waals surface area contributed by atoms with Gasteiger partial charge in [-0.05, 0) is 31.4 Å². The summed E-state index contributed by atoms with van der Waals surface area (Å²) in [6.07, 6.45) is 0.390. The van der Waals surface area contributed by atoms with Crippen molar-refractivity contribution >= 4 is 23.6 Å². The quantitative estimate of drug-likeness (QED) is 0.687. The second-order valence-electron chi connectivity index (χ2n) is 6.50. The molecular formula is C19H23N3O5. The van der Waals surface area contributed by atoms with Gasteiger partial charge in [0.1, 0.15) is 11.8 Å². The molecule has 0 aliphatic rings. The molecule has 0 fully saturated rings. The van der Waals surface area contributed by atoms with Crippen molar-refractivity contribution in [3.63, 3.8) is 0 Å². The molecule has 0 saturated heterocycles. The third kappa shape index (κ3) is 6.58. The van der Waals surface area contributed by atoms with Crippen molar-refractivity contribution in [2.24, 2.45) is 5.92 Å². The largest absolute Gasteiger partial charge is 0.454 e. The standard InChI is InChI=1S/C19H23N3O5/c1-12(2)9-15(20-18(24)14-7-5-4-6-8-14)19(25)26-11-17(23)21-16-10-13(3)27-22-16/h4-8,10,12,15H,9,11H2,1-3H3,(H,20,24)(H,21,22,23). The number of carbonyl (C=O) groups excluding carboxylic acids is 3. The van der Waals surface area contributed by atoms with E-state index in [0.717, 1.165) is 0 Å². The number of ether oxygens (including phenoxy) is 1. The Balaban J connectivity index is 1.91. The molecule has 27 heavy (non-hydrogen) atoms. The van der Waals surface area contributed by atoms with E-state index in [2.05, 4.69) is 15.8 Å². The lowest BCUT2D eigenvalue weighted by Gasteiger charge is -2.19. The van der Waals surface area contributed by atoms with Gasteiger partial charge in [-0.15, -0.1) is 0 Å². The molecule has 0 spiro atoms. The summed E-state index contributed by atoms with van der Waals surface area (Å²) in [4.78, 5) is 36.5. The Hall–Kier alpha value is -3.16. The Kier molecular flexibility index (Phi) is 7.10. The summed E-state index contributed by atoms with van der Waals surface area (Å²) < 4.78 is 9.90. The first kappa shape index (κ1) is 20.2. The van der Waals surface area contributed by atoms with E-state index in [-0.39, 0.29) is 17.6 Å². The van der Waals surface area contributed by atoms with E-state index in [1.165, 1.54) is 0 Å². The van der Waals surface area contributed by atoms with Gasteiger partial charge in [0, 0.05) is 11.6 Å². The maximum Gasteiger partial charge on any atom is 0.329 e. The van der Waals surface area contributed by atoms with Crippen LogP contribution in [-0.2, 0) is 14.3 Å². The van der Waals surface area contributed by atoms with E-state index in [1.807, 2.05) is 13.8 Å². The molecule has 2 rings (SSSR count). The van der Waals surface area contributed by atoms with Crippen molar-refractivity contribution in [2.75, 3.05) is 11.9 Å². The van der Waals surface area contributed by atoms with Crippen LogP contribution in [0.25, 0.3) is 0 Å². The van der Waals surface area contributed by atoms with Gasteiger partial charge in [0.05, 0.1) is 0 Å². The molecule has 2 aromatic rings. The van der Waals surface area contributed by atoms with Crippen LogP contribution in [0, 0.1) is 12.8 Å². The number of rotatable bonds is 8. The molecule has 2 amide bonds. The number of aryl methyl sites for hydroxylation is 1. The number of nitrogens with zero attached hydrogens (tertiary/aromatic N) is 1. The van der Waals surface area contributed by atoms with Crippen LogP contribution >= 0.6 is 0 Å². The van der Waals surface area contributed by atoms with E-state index >= 15 is 0 Å². The number of hydrogen-bond donors (Lipinski definition) is 2. The van der Waals surface area contributed by atoms with E-state index < -0.39 is 24.5 Å². The zero-order valence-corrected chi connectivity index (χ0v) is 15.5. The van der Waals surface area contributed by atoms with Crippen LogP contribution in [0.2, 0.25) is 0 Å². The minimum Gasteiger partial charge on any atom is -0.454 e. The molecule has 0 aliphatic heterocycles. The topological polar surface area (TPSA) is 111 Å². The van der Waals surface area contributed by atoms with Crippen LogP contribution in [0.4, 0.5) is 5.82 Å². The van der Waals surface area contributed by atoms with Crippen molar-refractivity contribution in [3.8, 4) is 0 Å². The Morgan fingerprint density at radius 1 is 1.19 bits per heavy atom. The minimum atomic E-state index is -0.847. The second kappa shape index (κ2) is 9.51. The van der Waals surface area contributed by atoms with Gasteiger partial charge in [-0.25, -0.2) is 4.79 Å². The van der Waals surface area contributed by atoms with Crippen LogP contribution in [0.5, 0.6) is 0 Å². The van der Waals surface area contributed by atoms with Gasteiger partial charge >= 0.3 is 5.97 Å². The number of hydrogen-bond acceptors (Lipinski definition) is 6. The maximum atomic E-state index is 12.4. The van der Waals surface area contributed by atoms with Crippen LogP contribution in [-0.4, -0.2) is 35.6 Å². The maximum absolute atomic E-state index is 12.4. The van der Waals surface area contributed by atoms with Gasteiger partial charge in [-0.1, -0.05) is 37.2 Å². The average Bonchev–Trinajstić information content (AvgIpc) is 3.04. The average molecular weight is 373 g/mol. The molecule has 0 radical (unpaired) electrons. The highest BCUT2D eigenvalue weighted by Gasteiger charge is 2.24. The molecule has 8 heteroatoms. The number of aromatic nitrogens is 1. The van der Waals surface area contributed by atoms with Gasteiger partial charge in [0.2, 0.25) is 0 Å². The molecule has 1 unspecified atom stereocenters. The number of benzene rings is 1. The lowest BCUT2D eigenvalue weighted by atomic mass is 10.0. The summed E-state index contributed by atoms with van der Waals surface area (Å²) in [6.45, 7) is 5.05. The summed E-state index contributed by atoms with van der Waals surface area (Å²) in [5.41, 5.74) is 0.443. The van der Waals surface area contributed by atoms with Crippen molar-refractivity contribution in [1.82, 2.24) is 10.5 Å². The Morgan fingerprint density at radius 3 is 2.48 bits per heavy atom. The summed E-state index contributed by atoms with van der Waals surface area (Å²) in [5, 5.41) is 8.75. The first-order valence-electron chi connectivity index (χ1n) is 8.61. The van der Waals surface area contributed by atoms with Gasteiger partial charge in [0.25, 0.3) is 11.8 Å². The van der Waals surface area contributed by atoms with E-state index in [9.17, 15) is 14.4 Å². The van der Waals surface area contributed by atoms with Gasteiger partial charge < -0.3 is 19.9 Å². The Bertz CT molecular complexity index is 786. The smallest absolute Gasteiger partial charge is 0.329 e. The lowest BCUT2D eigenvalue weighted by molar-refractivity contribution is -0.149. The predicted octanol–water partition coefficient (Wildman–Crippen LogP) is 2.31. The highest BCUT2D eigenvalue weighted by molar-refractivity contribution is 5.97. The Morgan fingerprint density at radius 2 is 1.89 bits per heavy atom. The number of anilines is 1. The molecule has 1 aromatic carbocycles. The monoisotopic (exact) mass is 373 g/mol. The molecule has 1 heterocycles.